The zero-order valence-corrected chi connectivity index (χ0v) is 9.99. The van der Waals surface area contributed by atoms with Gasteiger partial charge in [0.05, 0.1) is 5.56 Å². The highest BCUT2D eigenvalue weighted by Crippen LogP contribution is 2.29. The van der Waals surface area contributed by atoms with Gasteiger partial charge in [-0.3, -0.25) is 0 Å². The van der Waals surface area contributed by atoms with Crippen molar-refractivity contribution in [2.45, 2.75) is 26.8 Å². The number of fused-ring (bicyclic) bond motifs is 1. The molecular formula is C13H14FNO2. The average Bonchev–Trinajstić information content (AvgIpc) is 2.48. The van der Waals surface area contributed by atoms with E-state index in [2.05, 4.69) is 0 Å². The van der Waals surface area contributed by atoms with E-state index in [1.165, 1.54) is 12.1 Å². The van der Waals surface area contributed by atoms with Crippen LogP contribution in [0.25, 0.3) is 10.9 Å². The van der Waals surface area contributed by atoms with Gasteiger partial charge in [-0.25, -0.2) is 9.18 Å². The molecule has 0 bridgehead atoms. The van der Waals surface area contributed by atoms with Crippen molar-refractivity contribution >= 4 is 16.9 Å². The molecule has 1 N–H and O–H groups in total. The van der Waals surface area contributed by atoms with Gasteiger partial charge >= 0.3 is 5.97 Å². The number of halogens is 1. The normalized spacial score (nSPS) is 11.4. The number of carbonyl (C=O) groups is 1. The molecular weight excluding hydrogens is 221 g/mol. The molecule has 0 aliphatic carbocycles. The Kier molecular flexibility index (Phi) is 2.65. The van der Waals surface area contributed by atoms with Crippen LogP contribution in [0.2, 0.25) is 0 Å². The van der Waals surface area contributed by atoms with Crippen LogP contribution in [0.3, 0.4) is 0 Å². The Morgan fingerprint density at radius 1 is 1.41 bits per heavy atom. The third-order valence-electron chi connectivity index (χ3n) is 2.94. The maximum absolute atomic E-state index is 13.2. The standard InChI is InChI=1S/C13H14FNO2/c1-7(2)15-8(3)12(13(16)17)10-6-9(14)4-5-11(10)15/h4-7H,1-3H3,(H,16,17). The summed E-state index contributed by atoms with van der Waals surface area (Å²) in [6.45, 7) is 5.70. The van der Waals surface area contributed by atoms with Crippen molar-refractivity contribution in [2.75, 3.05) is 0 Å². The molecule has 0 saturated carbocycles. The molecule has 0 fully saturated rings. The van der Waals surface area contributed by atoms with Crippen LogP contribution in [-0.4, -0.2) is 15.6 Å². The molecule has 4 heteroatoms. The molecule has 2 rings (SSSR count). The second-order valence-electron chi connectivity index (χ2n) is 4.39. The van der Waals surface area contributed by atoms with Crippen molar-refractivity contribution in [2.24, 2.45) is 0 Å². The van der Waals surface area contributed by atoms with E-state index in [9.17, 15) is 14.3 Å². The van der Waals surface area contributed by atoms with Gasteiger partial charge < -0.3 is 9.67 Å². The summed E-state index contributed by atoms with van der Waals surface area (Å²) in [5.41, 5.74) is 1.61. The van der Waals surface area contributed by atoms with Crippen LogP contribution in [0.4, 0.5) is 4.39 Å². The molecule has 0 saturated heterocycles. The quantitative estimate of drug-likeness (QED) is 0.867. The largest absolute Gasteiger partial charge is 0.478 e. The number of aromatic carboxylic acids is 1. The predicted molar refractivity (Wildman–Crippen MR) is 64.0 cm³/mol. The average molecular weight is 235 g/mol. The van der Waals surface area contributed by atoms with Gasteiger partial charge in [0.2, 0.25) is 0 Å². The van der Waals surface area contributed by atoms with Crippen LogP contribution in [0.5, 0.6) is 0 Å². The Bertz CT molecular complexity index is 599. The van der Waals surface area contributed by atoms with Crippen molar-refractivity contribution in [3.8, 4) is 0 Å². The summed E-state index contributed by atoms with van der Waals surface area (Å²) in [5.74, 6) is -1.43. The maximum atomic E-state index is 13.2. The van der Waals surface area contributed by atoms with Gasteiger partial charge in [0.25, 0.3) is 0 Å². The first-order chi connectivity index (χ1) is 7.93. The number of hydrogen-bond donors (Lipinski definition) is 1. The first kappa shape index (κ1) is 11.6. The van der Waals surface area contributed by atoms with Gasteiger partial charge in [0.15, 0.2) is 0 Å². The van der Waals surface area contributed by atoms with E-state index in [0.29, 0.717) is 11.1 Å². The van der Waals surface area contributed by atoms with Crippen molar-refractivity contribution < 1.29 is 14.3 Å². The lowest BCUT2D eigenvalue weighted by atomic mass is 10.1. The number of carboxylic acid groups (broad SMARTS) is 1. The number of aromatic nitrogens is 1. The van der Waals surface area contributed by atoms with Gasteiger partial charge in [-0.1, -0.05) is 0 Å². The lowest BCUT2D eigenvalue weighted by Gasteiger charge is -2.12. The Morgan fingerprint density at radius 3 is 2.59 bits per heavy atom. The Morgan fingerprint density at radius 2 is 2.06 bits per heavy atom. The van der Waals surface area contributed by atoms with Gasteiger partial charge in [-0.05, 0) is 39.0 Å². The van der Waals surface area contributed by atoms with Crippen molar-refractivity contribution in [3.05, 3.63) is 35.3 Å². The highest BCUT2D eigenvalue weighted by molar-refractivity contribution is 6.05. The van der Waals surface area contributed by atoms with Gasteiger partial charge in [0, 0.05) is 22.6 Å². The van der Waals surface area contributed by atoms with E-state index in [-0.39, 0.29) is 11.6 Å². The molecule has 1 aromatic heterocycles. The van der Waals surface area contributed by atoms with E-state index in [1.807, 2.05) is 18.4 Å². The summed E-state index contributed by atoms with van der Waals surface area (Å²) in [5, 5.41) is 9.68. The van der Waals surface area contributed by atoms with Gasteiger partial charge in [-0.2, -0.15) is 0 Å². The number of rotatable bonds is 2. The van der Waals surface area contributed by atoms with Gasteiger partial charge in [-0.15, -0.1) is 0 Å². The van der Waals surface area contributed by atoms with Gasteiger partial charge in [0.1, 0.15) is 5.82 Å². The number of benzene rings is 1. The molecule has 0 spiro atoms. The van der Waals surface area contributed by atoms with E-state index >= 15 is 0 Å². The number of carboxylic acids is 1. The summed E-state index contributed by atoms with van der Waals surface area (Å²) in [6.07, 6.45) is 0. The summed E-state index contributed by atoms with van der Waals surface area (Å²) in [7, 11) is 0. The van der Waals surface area contributed by atoms with Crippen molar-refractivity contribution in [3.63, 3.8) is 0 Å². The fraction of sp³-hybridized carbons (Fsp3) is 0.308. The third kappa shape index (κ3) is 1.69. The summed E-state index contributed by atoms with van der Waals surface area (Å²) in [6, 6.07) is 4.40. The monoisotopic (exact) mass is 235 g/mol. The van der Waals surface area contributed by atoms with E-state index < -0.39 is 11.8 Å². The first-order valence-electron chi connectivity index (χ1n) is 5.46. The number of nitrogens with zero attached hydrogens (tertiary/aromatic N) is 1. The molecule has 0 aliphatic heterocycles. The van der Waals surface area contributed by atoms with E-state index in [0.717, 1.165) is 5.52 Å². The summed E-state index contributed by atoms with van der Waals surface area (Å²) in [4.78, 5) is 11.2. The molecule has 0 aliphatic rings. The second-order valence-corrected chi connectivity index (χ2v) is 4.39. The van der Waals surface area contributed by atoms with E-state index in [4.69, 9.17) is 0 Å². The zero-order chi connectivity index (χ0) is 12.7. The molecule has 1 aromatic carbocycles. The highest BCUT2D eigenvalue weighted by Gasteiger charge is 2.20. The fourth-order valence-electron chi connectivity index (χ4n) is 2.35. The Balaban J connectivity index is 2.93. The van der Waals surface area contributed by atoms with Crippen LogP contribution in [0.15, 0.2) is 18.2 Å². The fourth-order valence-corrected chi connectivity index (χ4v) is 2.35. The molecule has 0 radical (unpaired) electrons. The topological polar surface area (TPSA) is 42.2 Å². The van der Waals surface area contributed by atoms with E-state index in [1.54, 1.807) is 13.0 Å². The van der Waals surface area contributed by atoms with Crippen LogP contribution >= 0.6 is 0 Å². The zero-order valence-electron chi connectivity index (χ0n) is 9.99. The number of hydrogen-bond acceptors (Lipinski definition) is 1. The SMILES string of the molecule is Cc1c(C(=O)O)c2cc(F)ccc2n1C(C)C. The summed E-state index contributed by atoms with van der Waals surface area (Å²) >= 11 is 0. The lowest BCUT2D eigenvalue weighted by Crippen LogP contribution is -2.05. The molecule has 17 heavy (non-hydrogen) atoms. The van der Waals surface area contributed by atoms with Crippen LogP contribution in [0.1, 0.15) is 35.9 Å². The van der Waals surface area contributed by atoms with Crippen molar-refractivity contribution in [1.82, 2.24) is 4.57 Å². The lowest BCUT2D eigenvalue weighted by molar-refractivity contribution is 0.0698. The Labute approximate surface area is 98.5 Å². The molecule has 90 valence electrons. The van der Waals surface area contributed by atoms with Crippen molar-refractivity contribution in [1.29, 1.82) is 0 Å². The van der Waals surface area contributed by atoms with Crippen LogP contribution in [-0.2, 0) is 0 Å². The molecule has 0 atom stereocenters. The second kappa shape index (κ2) is 3.87. The molecule has 2 aromatic rings. The van der Waals surface area contributed by atoms with Crippen LogP contribution in [0, 0.1) is 12.7 Å². The Hall–Kier alpha value is -1.84. The predicted octanol–water partition coefficient (Wildman–Crippen LogP) is 3.37. The minimum Gasteiger partial charge on any atom is -0.478 e. The molecule has 3 nitrogen and oxygen atoms in total. The minimum atomic E-state index is -1.02. The molecule has 0 amide bonds. The third-order valence-corrected chi connectivity index (χ3v) is 2.94. The maximum Gasteiger partial charge on any atom is 0.338 e. The molecule has 1 heterocycles. The molecule has 0 unspecified atom stereocenters. The smallest absolute Gasteiger partial charge is 0.338 e. The first-order valence-corrected chi connectivity index (χ1v) is 5.46. The minimum absolute atomic E-state index is 0.135. The summed E-state index contributed by atoms with van der Waals surface area (Å²) < 4.78 is 15.1. The van der Waals surface area contributed by atoms with Crippen LogP contribution < -0.4 is 0 Å². The highest BCUT2D eigenvalue weighted by atomic mass is 19.1.